The molecule has 1 aromatic rings. The molecule has 0 aliphatic carbocycles. The van der Waals surface area contributed by atoms with Gasteiger partial charge in [-0.3, -0.25) is 0 Å². The van der Waals surface area contributed by atoms with Gasteiger partial charge >= 0.3 is 16.3 Å². The molecule has 0 aliphatic rings. The molecule has 1 aromatic carbocycles. The molecule has 0 heterocycles. The zero-order chi connectivity index (χ0) is 15.4. The number of ether oxygens (including phenoxy) is 1. The van der Waals surface area contributed by atoms with Crippen molar-refractivity contribution >= 4 is 26.3 Å². The average molecular weight is 323 g/mol. The Morgan fingerprint density at radius 1 is 1.20 bits per heavy atom. The molecule has 112 valence electrons. The first-order valence-corrected chi connectivity index (χ1v) is 8.14. The Kier molecular flexibility index (Phi) is 5.05. The number of nitrogens with two attached hydrogens (primary N) is 1. The van der Waals surface area contributed by atoms with Crippen molar-refractivity contribution in [2.45, 2.75) is 11.4 Å². The van der Waals surface area contributed by atoms with Crippen LogP contribution in [-0.4, -0.2) is 30.0 Å². The van der Waals surface area contributed by atoms with Crippen LogP contribution in [0.25, 0.3) is 0 Å². The van der Waals surface area contributed by atoms with Gasteiger partial charge in [-0.25, -0.2) is 23.1 Å². The maximum absolute atomic E-state index is 11.4. The molecule has 9 nitrogen and oxygen atoms in total. The molecule has 20 heavy (non-hydrogen) atoms. The maximum atomic E-state index is 11.4. The van der Waals surface area contributed by atoms with Crippen molar-refractivity contribution in [1.82, 2.24) is 9.44 Å². The lowest BCUT2D eigenvalue weighted by atomic mass is 10.2. The number of sulfonamides is 1. The Morgan fingerprint density at radius 2 is 1.75 bits per heavy atom. The summed E-state index contributed by atoms with van der Waals surface area (Å²) in [7, 11) is -6.82. The molecule has 4 N–H and O–H groups in total. The van der Waals surface area contributed by atoms with E-state index < -0.39 is 26.3 Å². The third-order valence-corrected chi connectivity index (χ3v) is 4.01. The minimum atomic E-state index is -4.05. The highest BCUT2D eigenvalue weighted by atomic mass is 32.2. The van der Waals surface area contributed by atoms with Crippen molar-refractivity contribution in [3.05, 3.63) is 29.8 Å². The van der Waals surface area contributed by atoms with Crippen molar-refractivity contribution in [3.63, 3.8) is 0 Å². The number of hydrogen-bond acceptors (Lipinski definition) is 6. The van der Waals surface area contributed by atoms with Gasteiger partial charge in [0.05, 0.1) is 12.0 Å². The Hall–Kier alpha value is -1.69. The fraction of sp³-hybridized carbons (Fsp3) is 0.222. The van der Waals surface area contributed by atoms with E-state index in [2.05, 4.69) is 9.46 Å². The first-order chi connectivity index (χ1) is 9.14. The largest absolute Gasteiger partial charge is 0.452 e. The van der Waals surface area contributed by atoms with E-state index in [1.165, 1.54) is 24.3 Å². The second-order valence-electron chi connectivity index (χ2n) is 3.61. The quantitative estimate of drug-likeness (QED) is 0.635. The predicted octanol–water partition coefficient (Wildman–Crippen LogP) is -0.976. The smallest absolute Gasteiger partial charge is 0.421 e. The fourth-order valence-corrected chi connectivity index (χ4v) is 2.41. The summed E-state index contributed by atoms with van der Waals surface area (Å²) >= 11 is 0. The van der Waals surface area contributed by atoms with Crippen LogP contribution in [0.5, 0.6) is 0 Å². The normalized spacial score (nSPS) is 11.9. The number of methoxy groups -OCH3 is 1. The average Bonchev–Trinajstić information content (AvgIpc) is 2.35. The molecule has 1 rings (SSSR count). The van der Waals surface area contributed by atoms with Gasteiger partial charge in [0.15, 0.2) is 0 Å². The zero-order valence-electron chi connectivity index (χ0n) is 10.4. The molecule has 11 heteroatoms. The van der Waals surface area contributed by atoms with E-state index >= 15 is 0 Å². The molecule has 0 spiro atoms. The standard InChI is InChI=1S/C9H13N3O6S2/c1-18-9(13)12-20(16,17)11-6-7-2-4-8(5-3-7)19(10,14)15/h2-5,11H,6H2,1H3,(H,12,13)(H2,10,14,15). The summed E-state index contributed by atoms with van der Waals surface area (Å²) in [4.78, 5) is 10.7. The van der Waals surface area contributed by atoms with Gasteiger partial charge in [0.2, 0.25) is 10.0 Å². The highest BCUT2D eigenvalue weighted by Gasteiger charge is 2.14. The topological polar surface area (TPSA) is 145 Å². The van der Waals surface area contributed by atoms with E-state index in [-0.39, 0.29) is 11.4 Å². The second-order valence-corrected chi connectivity index (χ2v) is 6.67. The maximum Gasteiger partial charge on any atom is 0.421 e. The number of benzene rings is 1. The minimum absolute atomic E-state index is 0.0863. The van der Waals surface area contributed by atoms with Gasteiger partial charge < -0.3 is 4.74 Å². The molecule has 0 aliphatic heterocycles. The SMILES string of the molecule is COC(=O)NS(=O)(=O)NCc1ccc(S(N)(=O)=O)cc1. The van der Waals surface area contributed by atoms with Crippen LogP contribution in [-0.2, 0) is 31.5 Å². The lowest BCUT2D eigenvalue weighted by Gasteiger charge is -2.07. The van der Waals surface area contributed by atoms with Gasteiger partial charge in [0, 0.05) is 6.54 Å². The highest BCUT2D eigenvalue weighted by molar-refractivity contribution is 7.89. The number of nitrogens with one attached hydrogen (secondary N) is 2. The molecule has 0 unspecified atom stereocenters. The van der Waals surface area contributed by atoms with E-state index in [0.29, 0.717) is 5.56 Å². The van der Waals surface area contributed by atoms with Gasteiger partial charge in [-0.1, -0.05) is 12.1 Å². The molecule has 1 amide bonds. The number of rotatable bonds is 5. The summed E-state index contributed by atoms with van der Waals surface area (Å²) in [6, 6.07) is 5.26. The van der Waals surface area contributed by atoms with Crippen molar-refractivity contribution in [1.29, 1.82) is 0 Å². The minimum Gasteiger partial charge on any atom is -0.452 e. The van der Waals surface area contributed by atoms with Gasteiger partial charge in [0.25, 0.3) is 0 Å². The zero-order valence-corrected chi connectivity index (χ0v) is 12.0. The number of primary sulfonamides is 1. The van der Waals surface area contributed by atoms with Crippen LogP contribution in [0.2, 0.25) is 0 Å². The van der Waals surface area contributed by atoms with Crippen LogP contribution in [0.1, 0.15) is 5.56 Å². The first-order valence-electron chi connectivity index (χ1n) is 5.11. The Balaban J connectivity index is 2.69. The van der Waals surface area contributed by atoms with Gasteiger partial charge in [-0.15, -0.1) is 0 Å². The summed E-state index contributed by atoms with van der Waals surface area (Å²) in [5.74, 6) is 0. The summed E-state index contributed by atoms with van der Waals surface area (Å²) in [6.07, 6.45) is -1.12. The summed E-state index contributed by atoms with van der Waals surface area (Å²) < 4.78 is 52.6. The number of carbonyl (C=O) groups is 1. The lowest BCUT2D eigenvalue weighted by molar-refractivity contribution is 0.177. The Labute approximate surface area is 116 Å². The monoisotopic (exact) mass is 323 g/mol. The lowest BCUT2D eigenvalue weighted by Crippen LogP contribution is -2.39. The molecule has 0 saturated heterocycles. The van der Waals surface area contributed by atoms with Gasteiger partial charge in [-0.2, -0.15) is 13.1 Å². The van der Waals surface area contributed by atoms with Crippen LogP contribution in [0.4, 0.5) is 4.79 Å². The van der Waals surface area contributed by atoms with Crippen LogP contribution in [0.15, 0.2) is 29.2 Å². The van der Waals surface area contributed by atoms with Crippen molar-refractivity contribution in [3.8, 4) is 0 Å². The van der Waals surface area contributed by atoms with Gasteiger partial charge in [0.1, 0.15) is 0 Å². The van der Waals surface area contributed by atoms with E-state index in [1.54, 1.807) is 4.72 Å². The van der Waals surface area contributed by atoms with Crippen molar-refractivity contribution in [2.24, 2.45) is 5.14 Å². The summed E-state index contributed by atoms with van der Waals surface area (Å²) in [6.45, 7) is -0.142. The Bertz CT molecular complexity index is 681. The number of hydrogen-bond donors (Lipinski definition) is 3. The van der Waals surface area contributed by atoms with Gasteiger partial charge in [-0.05, 0) is 17.7 Å². The van der Waals surface area contributed by atoms with Crippen LogP contribution in [0.3, 0.4) is 0 Å². The first kappa shape index (κ1) is 16.4. The second kappa shape index (κ2) is 6.17. The Morgan fingerprint density at radius 3 is 2.20 bits per heavy atom. The van der Waals surface area contributed by atoms with Crippen molar-refractivity contribution < 1.29 is 26.4 Å². The van der Waals surface area contributed by atoms with E-state index in [9.17, 15) is 21.6 Å². The summed E-state index contributed by atoms with van der Waals surface area (Å²) in [5.41, 5.74) is 0.479. The van der Waals surface area contributed by atoms with Crippen molar-refractivity contribution in [2.75, 3.05) is 7.11 Å². The third kappa shape index (κ3) is 5.13. The summed E-state index contributed by atoms with van der Waals surface area (Å²) in [5, 5.41) is 4.92. The highest BCUT2D eigenvalue weighted by Crippen LogP contribution is 2.08. The number of amides is 1. The fourth-order valence-electron chi connectivity index (χ4n) is 1.16. The van der Waals surface area contributed by atoms with E-state index in [0.717, 1.165) is 7.11 Å². The predicted molar refractivity (Wildman–Crippen MR) is 69.1 cm³/mol. The molecule has 0 bridgehead atoms. The molecule has 0 atom stereocenters. The number of carbonyl (C=O) groups excluding carboxylic acids is 1. The van der Waals surface area contributed by atoms with E-state index in [1.807, 2.05) is 0 Å². The van der Waals surface area contributed by atoms with E-state index in [4.69, 9.17) is 5.14 Å². The molecule has 0 fully saturated rings. The van der Waals surface area contributed by atoms with Crippen LogP contribution >= 0.6 is 0 Å². The molecular weight excluding hydrogens is 310 g/mol. The van der Waals surface area contributed by atoms with Crippen LogP contribution < -0.4 is 14.6 Å². The van der Waals surface area contributed by atoms with Crippen LogP contribution in [0, 0.1) is 0 Å². The molecular formula is C9H13N3O6S2. The molecule has 0 aromatic heterocycles. The molecule has 0 saturated carbocycles. The molecule has 0 radical (unpaired) electrons. The third-order valence-electron chi connectivity index (χ3n) is 2.12.